The van der Waals surface area contributed by atoms with Crippen LogP contribution < -0.4 is 5.32 Å². The molecule has 0 fully saturated rings. The Hall–Kier alpha value is -0.190. The van der Waals surface area contributed by atoms with Crippen molar-refractivity contribution in [3.8, 4) is 0 Å². The van der Waals surface area contributed by atoms with Crippen molar-refractivity contribution in [2.24, 2.45) is 0 Å². The molecule has 0 aromatic carbocycles. The summed E-state index contributed by atoms with van der Waals surface area (Å²) in [5.74, 6) is 4.44. The Balaban J connectivity index is 2.00. The number of aromatic nitrogens is 1. The molecule has 2 bridgehead atoms. The van der Waals surface area contributed by atoms with Gasteiger partial charge in [0.15, 0.2) is 0 Å². The summed E-state index contributed by atoms with van der Waals surface area (Å²) in [5.41, 5.74) is 2.44. The zero-order valence-electron chi connectivity index (χ0n) is 8.74. The Morgan fingerprint density at radius 3 is 2.20 bits per heavy atom. The van der Waals surface area contributed by atoms with Crippen LogP contribution in [0, 0.1) is 0 Å². The number of hydrogen-bond donors (Lipinski definition) is 1. The summed E-state index contributed by atoms with van der Waals surface area (Å²) in [4.78, 5) is 4.64. The third kappa shape index (κ3) is 4.05. The molecule has 0 spiro atoms. The highest BCUT2D eigenvalue weighted by Gasteiger charge is 2.01. The molecule has 1 aromatic heterocycles. The molecular weight excluding hydrogens is 224 g/mol. The molecule has 1 aliphatic rings. The first-order valence-electron chi connectivity index (χ1n) is 5.26. The molecule has 82 valence electrons. The minimum Gasteiger partial charge on any atom is -0.315 e. The van der Waals surface area contributed by atoms with Crippen molar-refractivity contribution in [3.05, 3.63) is 29.6 Å². The highest BCUT2D eigenvalue weighted by molar-refractivity contribution is 7.98. The molecule has 0 atom stereocenters. The summed E-state index contributed by atoms with van der Waals surface area (Å²) in [5, 5.41) is 3.45. The molecular formula is C11H16N2S2. The molecule has 1 aliphatic heterocycles. The Bertz CT molecular complexity index is 279. The Labute approximate surface area is 99.6 Å². The summed E-state index contributed by atoms with van der Waals surface area (Å²) >= 11 is 3.92. The van der Waals surface area contributed by atoms with Gasteiger partial charge in [-0.1, -0.05) is 6.07 Å². The van der Waals surface area contributed by atoms with E-state index in [1.807, 2.05) is 23.5 Å². The zero-order valence-corrected chi connectivity index (χ0v) is 10.4. The molecule has 0 unspecified atom stereocenters. The van der Waals surface area contributed by atoms with E-state index in [9.17, 15) is 0 Å². The standard InChI is InChI=1S/C11H16N2S2/c1-2-10-8-14-6-4-12-5-7-15-9-11(3-1)13-10/h1-3,12H,4-9H2. The van der Waals surface area contributed by atoms with Gasteiger partial charge in [0.25, 0.3) is 0 Å². The quantitative estimate of drug-likeness (QED) is 0.751. The van der Waals surface area contributed by atoms with Gasteiger partial charge in [-0.25, -0.2) is 0 Å². The molecule has 1 aromatic rings. The van der Waals surface area contributed by atoms with Gasteiger partial charge in [0.05, 0.1) is 11.4 Å². The summed E-state index contributed by atoms with van der Waals surface area (Å²) in [6.45, 7) is 2.23. The van der Waals surface area contributed by atoms with Gasteiger partial charge in [-0.15, -0.1) is 0 Å². The van der Waals surface area contributed by atoms with Gasteiger partial charge in [0, 0.05) is 36.1 Å². The van der Waals surface area contributed by atoms with E-state index < -0.39 is 0 Å². The van der Waals surface area contributed by atoms with Crippen molar-refractivity contribution in [1.29, 1.82) is 0 Å². The van der Waals surface area contributed by atoms with E-state index in [1.54, 1.807) is 0 Å². The van der Waals surface area contributed by atoms with Gasteiger partial charge in [-0.3, -0.25) is 4.98 Å². The molecule has 0 aliphatic carbocycles. The van der Waals surface area contributed by atoms with E-state index in [0.717, 1.165) is 24.6 Å². The van der Waals surface area contributed by atoms with Gasteiger partial charge in [0.2, 0.25) is 0 Å². The maximum absolute atomic E-state index is 4.64. The second-order valence-electron chi connectivity index (χ2n) is 3.48. The topological polar surface area (TPSA) is 24.9 Å². The van der Waals surface area contributed by atoms with Crippen LogP contribution in [0.15, 0.2) is 18.2 Å². The Morgan fingerprint density at radius 2 is 1.60 bits per heavy atom. The predicted octanol–water partition coefficient (Wildman–Crippen LogP) is 2.15. The second kappa shape index (κ2) is 6.40. The van der Waals surface area contributed by atoms with E-state index in [4.69, 9.17) is 0 Å². The van der Waals surface area contributed by atoms with Crippen molar-refractivity contribution >= 4 is 23.5 Å². The third-order valence-electron chi connectivity index (χ3n) is 2.21. The first kappa shape index (κ1) is 11.3. The maximum Gasteiger partial charge on any atom is 0.0506 e. The van der Waals surface area contributed by atoms with E-state index >= 15 is 0 Å². The van der Waals surface area contributed by atoms with Crippen LogP contribution in [0.25, 0.3) is 0 Å². The molecule has 0 saturated carbocycles. The highest BCUT2D eigenvalue weighted by atomic mass is 32.2. The van der Waals surface area contributed by atoms with Crippen molar-refractivity contribution in [3.63, 3.8) is 0 Å². The third-order valence-corrected chi connectivity index (χ3v) is 4.20. The number of nitrogens with zero attached hydrogens (tertiary/aromatic N) is 1. The van der Waals surface area contributed by atoms with Crippen LogP contribution in [-0.2, 0) is 11.5 Å². The number of thioether (sulfide) groups is 2. The Kier molecular flexibility index (Phi) is 4.83. The lowest BCUT2D eigenvalue weighted by Gasteiger charge is -2.08. The summed E-state index contributed by atoms with van der Waals surface area (Å²) < 4.78 is 0. The lowest BCUT2D eigenvalue weighted by molar-refractivity contribution is 0.773. The van der Waals surface area contributed by atoms with Crippen LogP contribution in [-0.4, -0.2) is 29.6 Å². The fourth-order valence-electron chi connectivity index (χ4n) is 1.46. The number of nitrogens with one attached hydrogen (secondary N) is 1. The van der Waals surface area contributed by atoms with Crippen LogP contribution in [0.4, 0.5) is 0 Å². The van der Waals surface area contributed by atoms with Gasteiger partial charge in [-0.05, 0) is 12.1 Å². The molecule has 0 radical (unpaired) electrons. The lowest BCUT2D eigenvalue weighted by atomic mass is 10.3. The lowest BCUT2D eigenvalue weighted by Crippen LogP contribution is -2.20. The maximum atomic E-state index is 4.64. The average Bonchev–Trinajstić information content (AvgIpc) is 2.26. The molecule has 0 amide bonds. The van der Waals surface area contributed by atoms with Crippen LogP contribution >= 0.6 is 23.5 Å². The van der Waals surface area contributed by atoms with Crippen molar-refractivity contribution in [1.82, 2.24) is 10.3 Å². The first-order chi connectivity index (χ1) is 7.45. The van der Waals surface area contributed by atoms with Crippen molar-refractivity contribution < 1.29 is 0 Å². The summed E-state index contributed by atoms with van der Waals surface area (Å²) in [6.07, 6.45) is 0. The van der Waals surface area contributed by atoms with E-state index in [2.05, 4.69) is 28.5 Å². The number of hydrogen-bond acceptors (Lipinski definition) is 4. The Morgan fingerprint density at radius 1 is 1.00 bits per heavy atom. The second-order valence-corrected chi connectivity index (χ2v) is 5.69. The SMILES string of the molecule is c1cc2nc(c1)CSCCNCCSC2. The average molecular weight is 240 g/mol. The number of rotatable bonds is 0. The number of fused-ring (bicyclic) bond motifs is 2. The predicted molar refractivity (Wildman–Crippen MR) is 69.4 cm³/mol. The van der Waals surface area contributed by atoms with Crippen molar-refractivity contribution in [2.75, 3.05) is 24.6 Å². The van der Waals surface area contributed by atoms with Gasteiger partial charge < -0.3 is 5.32 Å². The molecule has 2 rings (SSSR count). The van der Waals surface area contributed by atoms with Gasteiger partial charge in [-0.2, -0.15) is 23.5 Å². The minimum absolute atomic E-state index is 1.04. The van der Waals surface area contributed by atoms with Crippen LogP contribution in [0.5, 0.6) is 0 Å². The molecule has 4 heteroatoms. The van der Waals surface area contributed by atoms with Crippen LogP contribution in [0.1, 0.15) is 11.4 Å². The first-order valence-corrected chi connectivity index (χ1v) is 7.57. The summed E-state index contributed by atoms with van der Waals surface area (Å²) in [7, 11) is 0. The molecule has 2 nitrogen and oxygen atoms in total. The minimum atomic E-state index is 1.04. The molecule has 15 heavy (non-hydrogen) atoms. The fourth-order valence-corrected chi connectivity index (χ4v) is 3.06. The fraction of sp³-hybridized carbons (Fsp3) is 0.545. The molecule has 0 saturated heterocycles. The normalized spacial score (nSPS) is 18.9. The summed E-state index contributed by atoms with van der Waals surface area (Å²) in [6, 6.07) is 6.38. The smallest absolute Gasteiger partial charge is 0.0506 e. The largest absolute Gasteiger partial charge is 0.315 e. The number of pyridine rings is 1. The van der Waals surface area contributed by atoms with E-state index in [-0.39, 0.29) is 0 Å². The van der Waals surface area contributed by atoms with Gasteiger partial charge >= 0.3 is 0 Å². The highest BCUT2D eigenvalue weighted by Crippen LogP contribution is 2.14. The monoisotopic (exact) mass is 240 g/mol. The van der Waals surface area contributed by atoms with Gasteiger partial charge in [0.1, 0.15) is 0 Å². The van der Waals surface area contributed by atoms with Crippen LogP contribution in [0.3, 0.4) is 0 Å². The zero-order chi connectivity index (χ0) is 10.3. The van der Waals surface area contributed by atoms with Crippen LogP contribution in [0.2, 0.25) is 0 Å². The van der Waals surface area contributed by atoms with E-state index in [0.29, 0.717) is 0 Å². The molecule has 2 heterocycles. The van der Waals surface area contributed by atoms with Crippen molar-refractivity contribution in [2.45, 2.75) is 11.5 Å². The van der Waals surface area contributed by atoms with E-state index in [1.165, 1.54) is 22.9 Å². The molecule has 1 N–H and O–H groups in total.